The lowest BCUT2D eigenvalue weighted by molar-refractivity contribution is -0.123. The Morgan fingerprint density at radius 1 is 0.970 bits per heavy atom. The van der Waals surface area contributed by atoms with Crippen molar-refractivity contribution in [1.82, 2.24) is 5.32 Å². The summed E-state index contributed by atoms with van der Waals surface area (Å²) in [5.74, 6) is -0.861. The highest BCUT2D eigenvalue weighted by Gasteiger charge is 2.43. The van der Waals surface area contributed by atoms with Crippen LogP contribution >= 0.6 is 23.2 Å². The van der Waals surface area contributed by atoms with E-state index in [0.29, 0.717) is 40.9 Å². The Hall–Kier alpha value is -2.86. The monoisotopic (exact) mass is 482 g/mol. The molecule has 0 saturated carbocycles. The number of nitrogens with one attached hydrogen (secondary N) is 1. The summed E-state index contributed by atoms with van der Waals surface area (Å²) in [4.78, 5) is 28.9. The maximum Gasteiger partial charge on any atom is 0.258 e. The first-order chi connectivity index (χ1) is 16.0. The molecule has 1 aliphatic rings. The predicted octanol–water partition coefficient (Wildman–Crippen LogP) is 5.11. The highest BCUT2D eigenvalue weighted by atomic mass is 35.5. The number of halogens is 2. The summed E-state index contributed by atoms with van der Waals surface area (Å²) in [5, 5.41) is 4.18. The van der Waals surface area contributed by atoms with Gasteiger partial charge in [-0.25, -0.2) is 0 Å². The van der Waals surface area contributed by atoms with Crippen molar-refractivity contribution < 1.29 is 14.3 Å². The van der Waals surface area contributed by atoms with Crippen LogP contribution in [-0.2, 0) is 16.0 Å². The van der Waals surface area contributed by atoms with Crippen molar-refractivity contribution in [1.29, 1.82) is 0 Å². The lowest BCUT2D eigenvalue weighted by Crippen LogP contribution is -2.53. The molecule has 2 amide bonds. The van der Waals surface area contributed by atoms with E-state index in [-0.39, 0.29) is 11.8 Å². The minimum atomic E-state index is -0.567. The number of hydrogen-bond donors (Lipinski definition) is 1. The van der Waals surface area contributed by atoms with E-state index in [2.05, 4.69) is 5.32 Å². The van der Waals surface area contributed by atoms with Crippen molar-refractivity contribution >= 4 is 40.7 Å². The normalized spacial score (nSPS) is 17.5. The zero-order valence-corrected chi connectivity index (χ0v) is 19.6. The van der Waals surface area contributed by atoms with Crippen molar-refractivity contribution in [3.8, 4) is 0 Å². The van der Waals surface area contributed by atoms with Crippen molar-refractivity contribution in [2.75, 3.05) is 25.2 Å². The third-order valence-electron chi connectivity index (χ3n) is 5.81. The first-order valence-electron chi connectivity index (χ1n) is 10.7. The molecule has 0 aliphatic carbocycles. The number of hydrogen-bond acceptors (Lipinski definition) is 3. The molecule has 33 heavy (non-hydrogen) atoms. The fourth-order valence-electron chi connectivity index (χ4n) is 4.28. The Morgan fingerprint density at radius 2 is 1.61 bits per heavy atom. The van der Waals surface area contributed by atoms with E-state index in [9.17, 15) is 9.59 Å². The standard InChI is InChI=1S/C26H24Cl2N2O3/c1-33-15-14-29-25(31)24-21-4-2-3-5-22(21)26(32)30(20-12-10-19(28)11-13-20)23(24)16-17-6-8-18(27)9-7-17/h2-13,23-24H,14-16H2,1H3,(H,29,31). The molecule has 2 unspecified atom stereocenters. The summed E-state index contributed by atoms with van der Waals surface area (Å²) in [6.07, 6.45) is 0.474. The van der Waals surface area contributed by atoms with Gasteiger partial charge in [0.2, 0.25) is 5.91 Å². The van der Waals surface area contributed by atoms with Crippen molar-refractivity contribution in [3.63, 3.8) is 0 Å². The number of nitrogens with zero attached hydrogens (tertiary/aromatic N) is 1. The Balaban J connectivity index is 1.82. The third-order valence-corrected chi connectivity index (χ3v) is 6.32. The van der Waals surface area contributed by atoms with Gasteiger partial charge in [-0.3, -0.25) is 9.59 Å². The summed E-state index contributed by atoms with van der Waals surface area (Å²) < 4.78 is 5.10. The van der Waals surface area contributed by atoms with Gasteiger partial charge in [-0.2, -0.15) is 0 Å². The first kappa shape index (κ1) is 23.3. The van der Waals surface area contributed by atoms with Crippen LogP contribution in [0.15, 0.2) is 72.8 Å². The van der Waals surface area contributed by atoms with Gasteiger partial charge in [-0.05, 0) is 60.0 Å². The fourth-order valence-corrected chi connectivity index (χ4v) is 4.54. The van der Waals surface area contributed by atoms with Gasteiger partial charge in [0.1, 0.15) is 0 Å². The summed E-state index contributed by atoms with van der Waals surface area (Å²) >= 11 is 12.2. The molecule has 3 aromatic rings. The average Bonchev–Trinajstić information content (AvgIpc) is 2.82. The SMILES string of the molecule is COCCNC(=O)C1c2ccccc2C(=O)N(c2ccc(Cl)cc2)C1Cc1ccc(Cl)cc1. The maximum absolute atomic E-state index is 13.7. The number of ether oxygens (including phenoxy) is 1. The Morgan fingerprint density at radius 3 is 2.27 bits per heavy atom. The number of anilines is 1. The molecule has 5 nitrogen and oxygen atoms in total. The molecule has 0 saturated heterocycles. The predicted molar refractivity (Wildman–Crippen MR) is 131 cm³/mol. The second-order valence-corrected chi connectivity index (χ2v) is 8.77. The summed E-state index contributed by atoms with van der Waals surface area (Å²) in [6.45, 7) is 0.790. The molecular formula is C26H24Cl2N2O3. The van der Waals surface area contributed by atoms with E-state index < -0.39 is 12.0 Å². The second kappa shape index (κ2) is 10.4. The lowest BCUT2D eigenvalue weighted by Gasteiger charge is -2.41. The molecule has 1 aliphatic heterocycles. The molecule has 0 bridgehead atoms. The van der Waals surface area contributed by atoms with E-state index in [4.69, 9.17) is 27.9 Å². The Labute approximate surface area is 203 Å². The lowest BCUT2D eigenvalue weighted by atomic mass is 9.79. The number of fused-ring (bicyclic) bond motifs is 1. The quantitative estimate of drug-likeness (QED) is 0.475. The van der Waals surface area contributed by atoms with Crippen LogP contribution < -0.4 is 10.2 Å². The highest BCUT2D eigenvalue weighted by molar-refractivity contribution is 6.31. The zero-order valence-electron chi connectivity index (χ0n) is 18.1. The maximum atomic E-state index is 13.7. The van der Waals surface area contributed by atoms with E-state index in [1.54, 1.807) is 30.2 Å². The van der Waals surface area contributed by atoms with Gasteiger partial charge in [-0.15, -0.1) is 0 Å². The van der Waals surface area contributed by atoms with Crippen LogP contribution in [0.5, 0.6) is 0 Å². The van der Waals surface area contributed by atoms with Gasteiger partial charge >= 0.3 is 0 Å². The van der Waals surface area contributed by atoms with Crippen LogP contribution in [0.2, 0.25) is 10.0 Å². The number of methoxy groups -OCH3 is 1. The average molecular weight is 483 g/mol. The van der Waals surface area contributed by atoms with Gasteiger partial charge in [0, 0.05) is 35.0 Å². The zero-order chi connectivity index (χ0) is 23.4. The minimum absolute atomic E-state index is 0.146. The smallest absolute Gasteiger partial charge is 0.258 e. The van der Waals surface area contributed by atoms with Gasteiger partial charge in [0.25, 0.3) is 5.91 Å². The van der Waals surface area contributed by atoms with Crippen LogP contribution in [0.3, 0.4) is 0 Å². The van der Waals surface area contributed by atoms with Crippen LogP contribution in [0, 0.1) is 0 Å². The first-order valence-corrected chi connectivity index (χ1v) is 11.4. The number of benzene rings is 3. The third kappa shape index (κ3) is 5.06. The summed E-state index contributed by atoms with van der Waals surface area (Å²) in [7, 11) is 1.59. The van der Waals surface area contributed by atoms with Crippen molar-refractivity contribution in [3.05, 3.63) is 99.5 Å². The summed E-state index contributed by atoms with van der Waals surface area (Å²) in [5.41, 5.74) is 2.91. The van der Waals surface area contributed by atoms with Gasteiger partial charge in [0.15, 0.2) is 0 Å². The molecule has 2 atom stereocenters. The number of carbonyl (C=O) groups excluding carboxylic acids is 2. The molecule has 0 spiro atoms. The van der Waals surface area contributed by atoms with Crippen LogP contribution in [0.4, 0.5) is 5.69 Å². The van der Waals surface area contributed by atoms with Crippen LogP contribution in [0.1, 0.15) is 27.4 Å². The molecule has 7 heteroatoms. The molecule has 0 fully saturated rings. The van der Waals surface area contributed by atoms with E-state index >= 15 is 0 Å². The Bertz CT molecular complexity index is 1130. The minimum Gasteiger partial charge on any atom is -0.383 e. The Kier molecular flexibility index (Phi) is 7.33. The molecule has 0 aromatic heterocycles. The van der Waals surface area contributed by atoms with E-state index in [0.717, 1.165) is 11.1 Å². The molecule has 0 radical (unpaired) electrons. The summed E-state index contributed by atoms with van der Waals surface area (Å²) in [6, 6.07) is 21.5. The number of amides is 2. The van der Waals surface area contributed by atoms with Crippen molar-refractivity contribution in [2.24, 2.45) is 0 Å². The van der Waals surface area contributed by atoms with Crippen LogP contribution in [0.25, 0.3) is 0 Å². The molecule has 3 aromatic carbocycles. The topological polar surface area (TPSA) is 58.6 Å². The highest BCUT2D eigenvalue weighted by Crippen LogP contribution is 2.38. The molecule has 1 heterocycles. The van der Waals surface area contributed by atoms with Crippen LogP contribution in [-0.4, -0.2) is 38.1 Å². The molecule has 4 rings (SSSR count). The molecule has 170 valence electrons. The van der Waals surface area contributed by atoms with Gasteiger partial charge < -0.3 is 15.0 Å². The van der Waals surface area contributed by atoms with E-state index in [1.807, 2.05) is 54.6 Å². The molecule has 1 N–H and O–H groups in total. The largest absolute Gasteiger partial charge is 0.383 e. The van der Waals surface area contributed by atoms with Crippen molar-refractivity contribution in [2.45, 2.75) is 18.4 Å². The number of rotatable bonds is 7. The second-order valence-electron chi connectivity index (χ2n) is 7.90. The number of carbonyl (C=O) groups is 2. The van der Waals surface area contributed by atoms with E-state index in [1.165, 1.54) is 0 Å². The fraction of sp³-hybridized carbons (Fsp3) is 0.231. The molecular weight excluding hydrogens is 459 g/mol. The van der Waals surface area contributed by atoms with Gasteiger partial charge in [0.05, 0.1) is 18.6 Å². The van der Waals surface area contributed by atoms with Gasteiger partial charge in [-0.1, -0.05) is 53.5 Å².